The molecule has 4 heteroatoms. The van der Waals surface area contributed by atoms with E-state index in [-0.39, 0.29) is 0 Å². The number of oxime groups is 1. The Balaban J connectivity index is 2.44. The third kappa shape index (κ3) is 1.99. The Kier molecular flexibility index (Phi) is 2.69. The molecular formula is C11H9N3O. The van der Waals surface area contributed by atoms with Crippen LogP contribution in [-0.4, -0.2) is 20.9 Å². The number of hydrogen-bond donors (Lipinski definition) is 1. The second-order valence-electron chi connectivity index (χ2n) is 2.91. The quantitative estimate of drug-likeness (QED) is 0.455. The second kappa shape index (κ2) is 4.32. The van der Waals surface area contributed by atoms with E-state index in [1.165, 1.54) is 0 Å². The SMILES string of the molecule is ON=C(c1cccnc1)c1ccccn1. The van der Waals surface area contributed by atoms with Crippen molar-refractivity contribution in [1.82, 2.24) is 9.97 Å². The molecule has 2 heterocycles. The van der Waals surface area contributed by atoms with Gasteiger partial charge in [-0.1, -0.05) is 11.2 Å². The summed E-state index contributed by atoms with van der Waals surface area (Å²) in [7, 11) is 0. The van der Waals surface area contributed by atoms with Gasteiger partial charge in [-0.3, -0.25) is 9.97 Å². The summed E-state index contributed by atoms with van der Waals surface area (Å²) in [5.74, 6) is 0. The highest BCUT2D eigenvalue weighted by Gasteiger charge is 2.07. The molecular weight excluding hydrogens is 190 g/mol. The van der Waals surface area contributed by atoms with Crippen LogP contribution in [0.3, 0.4) is 0 Å². The minimum atomic E-state index is 0.420. The molecule has 2 aromatic heterocycles. The van der Waals surface area contributed by atoms with Gasteiger partial charge in [0.25, 0.3) is 0 Å². The van der Waals surface area contributed by atoms with Gasteiger partial charge in [0.1, 0.15) is 5.71 Å². The van der Waals surface area contributed by atoms with Crippen LogP contribution in [0.2, 0.25) is 0 Å². The molecule has 0 saturated heterocycles. The smallest absolute Gasteiger partial charge is 0.137 e. The predicted molar refractivity (Wildman–Crippen MR) is 55.9 cm³/mol. The molecule has 2 rings (SSSR count). The number of hydrogen-bond acceptors (Lipinski definition) is 4. The third-order valence-corrected chi connectivity index (χ3v) is 1.94. The van der Waals surface area contributed by atoms with Crippen LogP contribution in [-0.2, 0) is 0 Å². The normalized spacial score (nSPS) is 11.3. The van der Waals surface area contributed by atoms with E-state index < -0.39 is 0 Å². The van der Waals surface area contributed by atoms with E-state index in [1.54, 1.807) is 30.7 Å². The van der Waals surface area contributed by atoms with Gasteiger partial charge < -0.3 is 5.21 Å². The lowest BCUT2D eigenvalue weighted by Gasteiger charge is -2.02. The van der Waals surface area contributed by atoms with Crippen molar-refractivity contribution >= 4 is 5.71 Å². The first-order valence-corrected chi connectivity index (χ1v) is 4.45. The van der Waals surface area contributed by atoms with E-state index >= 15 is 0 Å². The fourth-order valence-corrected chi connectivity index (χ4v) is 1.26. The van der Waals surface area contributed by atoms with E-state index in [4.69, 9.17) is 5.21 Å². The number of pyridine rings is 2. The van der Waals surface area contributed by atoms with Crippen molar-refractivity contribution in [1.29, 1.82) is 0 Å². The van der Waals surface area contributed by atoms with Crippen molar-refractivity contribution in [2.75, 3.05) is 0 Å². The average Bonchev–Trinajstić information content (AvgIpc) is 2.33. The topological polar surface area (TPSA) is 58.4 Å². The minimum absolute atomic E-state index is 0.420. The summed E-state index contributed by atoms with van der Waals surface area (Å²) in [5.41, 5.74) is 1.77. The summed E-state index contributed by atoms with van der Waals surface area (Å²) < 4.78 is 0. The van der Waals surface area contributed by atoms with Crippen LogP contribution < -0.4 is 0 Å². The molecule has 0 bridgehead atoms. The van der Waals surface area contributed by atoms with Crippen LogP contribution in [0.5, 0.6) is 0 Å². The van der Waals surface area contributed by atoms with Crippen molar-refractivity contribution in [3.05, 3.63) is 60.2 Å². The lowest BCUT2D eigenvalue weighted by molar-refractivity contribution is 0.319. The van der Waals surface area contributed by atoms with Gasteiger partial charge in [0.2, 0.25) is 0 Å². The number of aromatic nitrogens is 2. The van der Waals surface area contributed by atoms with Gasteiger partial charge in [-0.05, 0) is 24.3 Å². The summed E-state index contributed by atoms with van der Waals surface area (Å²) in [4.78, 5) is 8.07. The highest BCUT2D eigenvalue weighted by atomic mass is 16.4. The molecule has 2 aromatic rings. The van der Waals surface area contributed by atoms with Gasteiger partial charge in [-0.15, -0.1) is 0 Å². The molecule has 0 amide bonds. The van der Waals surface area contributed by atoms with Crippen molar-refractivity contribution in [3.63, 3.8) is 0 Å². The molecule has 74 valence electrons. The molecule has 0 unspecified atom stereocenters. The highest BCUT2D eigenvalue weighted by molar-refractivity contribution is 6.11. The molecule has 15 heavy (non-hydrogen) atoms. The van der Waals surface area contributed by atoms with E-state index in [9.17, 15) is 0 Å². The maximum absolute atomic E-state index is 8.95. The van der Waals surface area contributed by atoms with Crippen LogP contribution in [0, 0.1) is 0 Å². The molecule has 0 radical (unpaired) electrons. The lowest BCUT2D eigenvalue weighted by atomic mass is 10.1. The maximum Gasteiger partial charge on any atom is 0.137 e. The Morgan fingerprint density at radius 3 is 2.67 bits per heavy atom. The molecule has 0 fully saturated rings. The first-order chi connectivity index (χ1) is 7.42. The Bertz CT molecular complexity index is 412. The van der Waals surface area contributed by atoms with Gasteiger partial charge in [0, 0.05) is 24.2 Å². The lowest BCUT2D eigenvalue weighted by Crippen LogP contribution is -2.05. The van der Waals surface area contributed by atoms with Crippen LogP contribution >= 0.6 is 0 Å². The molecule has 4 nitrogen and oxygen atoms in total. The summed E-state index contributed by atoms with van der Waals surface area (Å²) in [6.07, 6.45) is 4.94. The first-order valence-electron chi connectivity index (χ1n) is 4.45. The molecule has 0 spiro atoms. The standard InChI is InChI=1S/C11H9N3O/c15-14-11(9-4-3-6-12-8-9)10-5-1-2-7-13-10/h1-8,15H. The highest BCUT2D eigenvalue weighted by Crippen LogP contribution is 2.06. The Hall–Kier alpha value is -2.23. The zero-order chi connectivity index (χ0) is 10.5. The molecule has 0 aromatic carbocycles. The average molecular weight is 199 g/mol. The molecule has 0 aliphatic rings. The predicted octanol–water partition coefficient (Wildman–Crippen LogP) is 1.70. The monoisotopic (exact) mass is 199 g/mol. The Morgan fingerprint density at radius 1 is 1.13 bits per heavy atom. The molecule has 0 saturated carbocycles. The molecule has 0 aliphatic heterocycles. The fourth-order valence-electron chi connectivity index (χ4n) is 1.26. The summed E-state index contributed by atoms with van der Waals surface area (Å²) in [5, 5.41) is 12.2. The first kappa shape index (κ1) is 9.33. The zero-order valence-electron chi connectivity index (χ0n) is 7.91. The van der Waals surface area contributed by atoms with Gasteiger partial charge in [0.15, 0.2) is 0 Å². The summed E-state index contributed by atoms with van der Waals surface area (Å²) >= 11 is 0. The van der Waals surface area contributed by atoms with Crippen LogP contribution in [0.1, 0.15) is 11.3 Å². The Labute approximate surface area is 86.9 Å². The van der Waals surface area contributed by atoms with Crippen LogP contribution in [0.15, 0.2) is 54.1 Å². The Morgan fingerprint density at radius 2 is 2.07 bits per heavy atom. The molecule has 0 aliphatic carbocycles. The maximum atomic E-state index is 8.95. The van der Waals surface area contributed by atoms with Gasteiger partial charge >= 0.3 is 0 Å². The van der Waals surface area contributed by atoms with E-state index in [0.29, 0.717) is 11.4 Å². The third-order valence-electron chi connectivity index (χ3n) is 1.94. The van der Waals surface area contributed by atoms with Crippen LogP contribution in [0.25, 0.3) is 0 Å². The van der Waals surface area contributed by atoms with Crippen molar-refractivity contribution in [2.45, 2.75) is 0 Å². The van der Waals surface area contributed by atoms with Crippen molar-refractivity contribution in [2.24, 2.45) is 5.16 Å². The molecule has 1 N–H and O–H groups in total. The van der Waals surface area contributed by atoms with Gasteiger partial charge in [-0.25, -0.2) is 0 Å². The summed E-state index contributed by atoms with van der Waals surface area (Å²) in [6, 6.07) is 9.02. The van der Waals surface area contributed by atoms with Crippen molar-refractivity contribution in [3.8, 4) is 0 Å². The zero-order valence-corrected chi connectivity index (χ0v) is 7.91. The van der Waals surface area contributed by atoms with E-state index in [2.05, 4.69) is 15.1 Å². The molecule has 0 atom stereocenters. The fraction of sp³-hybridized carbons (Fsp3) is 0. The van der Waals surface area contributed by atoms with E-state index in [0.717, 1.165) is 5.56 Å². The van der Waals surface area contributed by atoms with Gasteiger partial charge in [0.05, 0.1) is 5.69 Å². The number of rotatable bonds is 2. The van der Waals surface area contributed by atoms with Gasteiger partial charge in [-0.2, -0.15) is 0 Å². The van der Waals surface area contributed by atoms with Crippen molar-refractivity contribution < 1.29 is 5.21 Å². The van der Waals surface area contributed by atoms with Crippen LogP contribution in [0.4, 0.5) is 0 Å². The minimum Gasteiger partial charge on any atom is -0.410 e. The number of nitrogens with zero attached hydrogens (tertiary/aromatic N) is 3. The largest absolute Gasteiger partial charge is 0.410 e. The summed E-state index contributed by atoms with van der Waals surface area (Å²) in [6.45, 7) is 0. The van der Waals surface area contributed by atoms with E-state index in [1.807, 2.05) is 18.2 Å². The second-order valence-corrected chi connectivity index (χ2v) is 2.91.